The SMILES string of the molecule is COc1ccc(-c2nc3ccccc3nc2-c2ccc(S(C)(=O)=O)cc2)cc1. The molecule has 4 rings (SSSR count). The largest absolute Gasteiger partial charge is 0.497 e. The molecular formula is C22H18N2O3S. The molecule has 140 valence electrons. The van der Waals surface area contributed by atoms with Crippen LogP contribution in [-0.4, -0.2) is 31.8 Å². The van der Waals surface area contributed by atoms with Crippen LogP contribution in [0.1, 0.15) is 0 Å². The molecule has 0 aliphatic heterocycles. The van der Waals surface area contributed by atoms with Gasteiger partial charge in [0.05, 0.1) is 34.4 Å². The Morgan fingerprint density at radius 3 is 1.61 bits per heavy atom. The van der Waals surface area contributed by atoms with Crippen LogP contribution in [0.15, 0.2) is 77.7 Å². The second kappa shape index (κ2) is 7.05. The zero-order valence-electron chi connectivity index (χ0n) is 15.5. The van der Waals surface area contributed by atoms with Gasteiger partial charge in [-0.15, -0.1) is 0 Å². The molecule has 6 heteroatoms. The topological polar surface area (TPSA) is 69.2 Å². The van der Waals surface area contributed by atoms with Crippen LogP contribution in [0, 0.1) is 0 Å². The molecule has 0 N–H and O–H groups in total. The van der Waals surface area contributed by atoms with E-state index in [1.165, 1.54) is 6.26 Å². The van der Waals surface area contributed by atoms with Gasteiger partial charge >= 0.3 is 0 Å². The van der Waals surface area contributed by atoms with Crippen LogP contribution in [0.25, 0.3) is 33.5 Å². The first kappa shape index (κ1) is 18.1. The van der Waals surface area contributed by atoms with Gasteiger partial charge in [0.15, 0.2) is 9.84 Å². The molecule has 0 atom stereocenters. The second-order valence-electron chi connectivity index (χ2n) is 6.43. The van der Waals surface area contributed by atoms with E-state index in [0.29, 0.717) is 5.69 Å². The van der Waals surface area contributed by atoms with Crippen molar-refractivity contribution in [2.45, 2.75) is 4.90 Å². The number of methoxy groups -OCH3 is 1. The highest BCUT2D eigenvalue weighted by Crippen LogP contribution is 2.32. The maximum atomic E-state index is 11.8. The zero-order chi connectivity index (χ0) is 19.7. The number of ether oxygens (including phenoxy) is 1. The van der Waals surface area contributed by atoms with Crippen LogP contribution < -0.4 is 4.74 Å². The smallest absolute Gasteiger partial charge is 0.175 e. The normalized spacial score (nSPS) is 11.5. The standard InChI is InChI=1S/C22H18N2O3S/c1-27-17-11-7-15(8-12-17)21-22(24-20-6-4-3-5-19(20)23-21)16-9-13-18(14-10-16)28(2,25)26/h3-14H,1-2H3. The van der Waals surface area contributed by atoms with Crippen molar-refractivity contribution in [2.75, 3.05) is 13.4 Å². The van der Waals surface area contributed by atoms with Gasteiger partial charge in [0, 0.05) is 17.4 Å². The summed E-state index contributed by atoms with van der Waals surface area (Å²) in [6, 6.07) is 22.0. The Morgan fingerprint density at radius 1 is 0.714 bits per heavy atom. The number of hydrogen-bond donors (Lipinski definition) is 0. The van der Waals surface area contributed by atoms with Crippen molar-refractivity contribution in [1.29, 1.82) is 0 Å². The maximum Gasteiger partial charge on any atom is 0.175 e. The number of rotatable bonds is 4. The van der Waals surface area contributed by atoms with E-state index in [4.69, 9.17) is 14.7 Å². The highest BCUT2D eigenvalue weighted by atomic mass is 32.2. The quantitative estimate of drug-likeness (QED) is 0.517. The molecule has 0 saturated carbocycles. The summed E-state index contributed by atoms with van der Waals surface area (Å²) in [7, 11) is -1.63. The van der Waals surface area contributed by atoms with Crippen LogP contribution in [0.2, 0.25) is 0 Å². The fourth-order valence-corrected chi connectivity index (χ4v) is 3.64. The third-order valence-electron chi connectivity index (χ3n) is 4.49. The molecule has 0 bridgehead atoms. The first-order chi connectivity index (χ1) is 13.5. The Morgan fingerprint density at radius 2 is 1.18 bits per heavy atom. The van der Waals surface area contributed by atoms with Crippen molar-refractivity contribution in [3.8, 4) is 28.3 Å². The Labute approximate surface area is 163 Å². The van der Waals surface area contributed by atoms with E-state index in [0.717, 1.165) is 33.6 Å². The monoisotopic (exact) mass is 390 g/mol. The third kappa shape index (κ3) is 3.46. The minimum Gasteiger partial charge on any atom is -0.497 e. The molecule has 0 fully saturated rings. The highest BCUT2D eigenvalue weighted by Gasteiger charge is 2.14. The lowest BCUT2D eigenvalue weighted by Crippen LogP contribution is -1.98. The van der Waals surface area contributed by atoms with Crippen LogP contribution in [0.4, 0.5) is 0 Å². The van der Waals surface area contributed by atoms with Crippen molar-refractivity contribution < 1.29 is 13.2 Å². The molecule has 0 spiro atoms. The number of aromatic nitrogens is 2. The summed E-state index contributed by atoms with van der Waals surface area (Å²) in [5.41, 5.74) is 4.71. The fourth-order valence-electron chi connectivity index (χ4n) is 3.01. The zero-order valence-corrected chi connectivity index (χ0v) is 16.3. The highest BCUT2D eigenvalue weighted by molar-refractivity contribution is 7.90. The van der Waals surface area contributed by atoms with Gasteiger partial charge < -0.3 is 4.74 Å². The number of benzene rings is 3. The number of para-hydroxylation sites is 2. The third-order valence-corrected chi connectivity index (χ3v) is 5.62. The summed E-state index contributed by atoms with van der Waals surface area (Å²) in [6.07, 6.45) is 1.20. The second-order valence-corrected chi connectivity index (χ2v) is 8.45. The van der Waals surface area contributed by atoms with E-state index >= 15 is 0 Å². The van der Waals surface area contributed by atoms with E-state index in [9.17, 15) is 8.42 Å². The predicted octanol–water partition coefficient (Wildman–Crippen LogP) is 4.38. The van der Waals surface area contributed by atoms with Gasteiger partial charge in [-0.1, -0.05) is 24.3 Å². The summed E-state index contributed by atoms with van der Waals surface area (Å²) in [4.78, 5) is 9.91. The van der Waals surface area contributed by atoms with Crippen LogP contribution in [0.3, 0.4) is 0 Å². The van der Waals surface area contributed by atoms with Crippen LogP contribution in [-0.2, 0) is 9.84 Å². The lowest BCUT2D eigenvalue weighted by molar-refractivity contribution is 0.415. The molecule has 0 aliphatic carbocycles. The Balaban J connectivity index is 1.92. The lowest BCUT2D eigenvalue weighted by Gasteiger charge is -2.11. The van der Waals surface area contributed by atoms with Gasteiger partial charge in [-0.2, -0.15) is 0 Å². The summed E-state index contributed by atoms with van der Waals surface area (Å²) < 4.78 is 28.8. The molecule has 5 nitrogen and oxygen atoms in total. The van der Waals surface area contributed by atoms with Gasteiger partial charge in [0.2, 0.25) is 0 Å². The molecule has 3 aromatic carbocycles. The minimum atomic E-state index is -3.26. The van der Waals surface area contributed by atoms with E-state index in [-0.39, 0.29) is 4.90 Å². The van der Waals surface area contributed by atoms with Gasteiger partial charge in [0.1, 0.15) is 5.75 Å². The van der Waals surface area contributed by atoms with E-state index in [1.54, 1.807) is 31.4 Å². The van der Waals surface area contributed by atoms with Gasteiger partial charge in [-0.25, -0.2) is 18.4 Å². The number of nitrogens with zero attached hydrogens (tertiary/aromatic N) is 2. The molecule has 1 aromatic heterocycles. The summed E-state index contributed by atoms with van der Waals surface area (Å²) >= 11 is 0. The Bertz CT molecular complexity index is 1250. The first-order valence-corrected chi connectivity index (χ1v) is 10.6. The fraction of sp³-hybridized carbons (Fsp3) is 0.0909. The van der Waals surface area contributed by atoms with Crippen LogP contribution >= 0.6 is 0 Å². The van der Waals surface area contributed by atoms with Gasteiger partial charge in [-0.05, 0) is 48.5 Å². The van der Waals surface area contributed by atoms with Crippen molar-refractivity contribution in [3.05, 3.63) is 72.8 Å². The summed E-state index contributed by atoms with van der Waals surface area (Å²) in [5.74, 6) is 0.761. The van der Waals surface area contributed by atoms with Crippen molar-refractivity contribution in [1.82, 2.24) is 9.97 Å². The molecule has 0 radical (unpaired) electrons. The molecule has 28 heavy (non-hydrogen) atoms. The molecule has 0 amide bonds. The van der Waals surface area contributed by atoms with Gasteiger partial charge in [-0.3, -0.25) is 0 Å². The average molecular weight is 390 g/mol. The predicted molar refractivity (Wildman–Crippen MR) is 110 cm³/mol. The lowest BCUT2D eigenvalue weighted by atomic mass is 10.0. The van der Waals surface area contributed by atoms with Gasteiger partial charge in [0.25, 0.3) is 0 Å². The summed E-state index contributed by atoms with van der Waals surface area (Å²) in [6.45, 7) is 0. The maximum absolute atomic E-state index is 11.8. The number of fused-ring (bicyclic) bond motifs is 1. The minimum absolute atomic E-state index is 0.274. The average Bonchev–Trinajstić information content (AvgIpc) is 2.72. The molecule has 0 aliphatic rings. The van der Waals surface area contributed by atoms with E-state index < -0.39 is 9.84 Å². The molecule has 0 unspecified atom stereocenters. The van der Waals surface area contributed by atoms with E-state index in [1.807, 2.05) is 48.5 Å². The summed E-state index contributed by atoms with van der Waals surface area (Å²) in [5, 5.41) is 0. The molecule has 1 heterocycles. The van der Waals surface area contributed by atoms with Crippen molar-refractivity contribution in [2.24, 2.45) is 0 Å². The Kier molecular flexibility index (Phi) is 4.57. The van der Waals surface area contributed by atoms with Crippen LogP contribution in [0.5, 0.6) is 5.75 Å². The van der Waals surface area contributed by atoms with E-state index in [2.05, 4.69) is 0 Å². The first-order valence-electron chi connectivity index (χ1n) is 8.67. The molecule has 0 saturated heterocycles. The molecule has 4 aromatic rings. The Hall–Kier alpha value is -3.25. The number of hydrogen-bond acceptors (Lipinski definition) is 5. The number of sulfone groups is 1. The van der Waals surface area contributed by atoms with Crippen molar-refractivity contribution in [3.63, 3.8) is 0 Å². The van der Waals surface area contributed by atoms with Crippen molar-refractivity contribution >= 4 is 20.9 Å². The molecular weight excluding hydrogens is 372 g/mol.